The van der Waals surface area contributed by atoms with Crippen LogP contribution < -0.4 is 9.47 Å². The van der Waals surface area contributed by atoms with Gasteiger partial charge >= 0.3 is 0 Å². The number of methoxy groups -OCH3 is 2. The number of benzene rings is 1. The molecule has 2 heterocycles. The number of aryl methyl sites for hydroxylation is 1. The van der Waals surface area contributed by atoms with Crippen molar-refractivity contribution in [3.05, 3.63) is 41.0 Å². The summed E-state index contributed by atoms with van der Waals surface area (Å²) in [4.78, 5) is 7.03. The minimum absolute atomic E-state index is 0.0475. The van der Waals surface area contributed by atoms with Gasteiger partial charge in [-0.3, -0.25) is 4.90 Å². The van der Waals surface area contributed by atoms with Crippen LogP contribution in [-0.4, -0.2) is 59.6 Å². The summed E-state index contributed by atoms with van der Waals surface area (Å²) in [6, 6.07) is 5.76. The van der Waals surface area contributed by atoms with Crippen molar-refractivity contribution < 1.29 is 19.3 Å². The number of hydrogen-bond donors (Lipinski definition) is 1. The highest BCUT2D eigenvalue weighted by atomic mass is 16.5. The first-order valence-electron chi connectivity index (χ1n) is 9.17. The molecular formula is C20H29N3O4. The molecule has 1 N–H and O–H groups in total. The number of aliphatic hydroxyl groups is 1. The molecule has 0 aliphatic carbocycles. The first kappa shape index (κ1) is 19.7. The smallest absolute Gasteiger partial charge is 0.161 e. The second-order valence-corrected chi connectivity index (χ2v) is 6.88. The molecule has 0 amide bonds. The summed E-state index contributed by atoms with van der Waals surface area (Å²) < 4.78 is 18.8. The predicted molar refractivity (Wildman–Crippen MR) is 102 cm³/mol. The Labute approximate surface area is 160 Å². The molecule has 2 atom stereocenters. The van der Waals surface area contributed by atoms with E-state index in [4.69, 9.17) is 19.2 Å². The molecule has 3 rings (SSSR count). The Morgan fingerprint density at radius 1 is 1.22 bits per heavy atom. The van der Waals surface area contributed by atoms with Crippen LogP contribution in [0.4, 0.5) is 0 Å². The standard InChI is InChI=1S/C20H29N3O4/c1-13-14(2)22(3)19(21-13)11-23-8-9-27-18(12-24)20(23)15-6-7-16(25-4)17(10-15)26-5/h6-7,10,18,20,24H,8-9,11-12H2,1-5H3/t18-,20-/m1/s1. The maximum absolute atomic E-state index is 9.91. The summed E-state index contributed by atoms with van der Waals surface area (Å²) >= 11 is 0. The molecule has 1 aromatic carbocycles. The van der Waals surface area contributed by atoms with Crippen molar-refractivity contribution in [3.8, 4) is 11.5 Å². The summed E-state index contributed by atoms with van der Waals surface area (Å²) in [6.07, 6.45) is -0.306. The van der Waals surface area contributed by atoms with E-state index in [2.05, 4.69) is 16.4 Å². The van der Waals surface area contributed by atoms with Gasteiger partial charge in [0.05, 0.1) is 45.7 Å². The monoisotopic (exact) mass is 375 g/mol. The third-order valence-electron chi connectivity index (χ3n) is 5.44. The Bertz CT molecular complexity index is 790. The lowest BCUT2D eigenvalue weighted by Gasteiger charge is -2.40. The maximum Gasteiger partial charge on any atom is 0.161 e. The number of nitrogens with zero attached hydrogens (tertiary/aromatic N) is 3. The van der Waals surface area contributed by atoms with Crippen LogP contribution in [0.25, 0.3) is 0 Å². The topological polar surface area (TPSA) is 69.0 Å². The lowest BCUT2D eigenvalue weighted by molar-refractivity contribution is -0.0969. The summed E-state index contributed by atoms with van der Waals surface area (Å²) in [6.45, 7) is 6.09. The first-order valence-corrected chi connectivity index (χ1v) is 9.17. The molecule has 7 nitrogen and oxygen atoms in total. The van der Waals surface area contributed by atoms with Crippen LogP contribution in [0.5, 0.6) is 11.5 Å². The van der Waals surface area contributed by atoms with Crippen LogP contribution in [-0.2, 0) is 18.3 Å². The molecule has 148 valence electrons. The number of imidazole rings is 1. The first-order chi connectivity index (χ1) is 13.0. The second-order valence-electron chi connectivity index (χ2n) is 6.88. The lowest BCUT2D eigenvalue weighted by atomic mass is 9.97. The van der Waals surface area contributed by atoms with Gasteiger partial charge in [0, 0.05) is 19.3 Å². The van der Waals surface area contributed by atoms with Gasteiger partial charge in [-0.15, -0.1) is 0 Å². The average molecular weight is 375 g/mol. The highest BCUT2D eigenvalue weighted by Gasteiger charge is 2.34. The van der Waals surface area contributed by atoms with Gasteiger partial charge in [0.1, 0.15) is 11.9 Å². The van der Waals surface area contributed by atoms with E-state index in [0.717, 1.165) is 23.6 Å². The molecular weight excluding hydrogens is 346 g/mol. The molecule has 0 radical (unpaired) electrons. The highest BCUT2D eigenvalue weighted by molar-refractivity contribution is 5.44. The van der Waals surface area contributed by atoms with Crippen LogP contribution in [0.2, 0.25) is 0 Å². The molecule has 1 saturated heterocycles. The molecule has 2 aromatic rings. The van der Waals surface area contributed by atoms with Crippen molar-refractivity contribution in [1.29, 1.82) is 0 Å². The van der Waals surface area contributed by atoms with E-state index in [1.165, 1.54) is 5.69 Å². The average Bonchev–Trinajstić information content (AvgIpc) is 2.93. The molecule has 0 bridgehead atoms. The fourth-order valence-electron chi connectivity index (χ4n) is 3.69. The fourth-order valence-corrected chi connectivity index (χ4v) is 3.69. The molecule has 0 saturated carbocycles. The van der Waals surface area contributed by atoms with Crippen LogP contribution in [0.3, 0.4) is 0 Å². The minimum atomic E-state index is -0.306. The quantitative estimate of drug-likeness (QED) is 0.833. The molecule has 0 unspecified atom stereocenters. The number of rotatable bonds is 6. The Morgan fingerprint density at radius 3 is 2.56 bits per heavy atom. The number of ether oxygens (including phenoxy) is 3. The van der Waals surface area contributed by atoms with Gasteiger partial charge < -0.3 is 23.9 Å². The number of morpholine rings is 1. The van der Waals surface area contributed by atoms with E-state index in [0.29, 0.717) is 24.7 Å². The van der Waals surface area contributed by atoms with Crippen molar-refractivity contribution >= 4 is 0 Å². The second kappa shape index (κ2) is 8.29. The summed E-state index contributed by atoms with van der Waals surface area (Å²) in [7, 11) is 5.29. The zero-order chi connectivity index (χ0) is 19.6. The van der Waals surface area contributed by atoms with Crippen molar-refractivity contribution in [2.45, 2.75) is 32.5 Å². The molecule has 1 aliphatic heterocycles. The summed E-state index contributed by atoms with van der Waals surface area (Å²) in [5.74, 6) is 2.36. The van der Waals surface area contributed by atoms with Crippen molar-refractivity contribution in [2.75, 3.05) is 34.0 Å². The minimum Gasteiger partial charge on any atom is -0.493 e. The molecule has 0 spiro atoms. The largest absolute Gasteiger partial charge is 0.493 e. The van der Waals surface area contributed by atoms with Gasteiger partial charge in [0.2, 0.25) is 0 Å². The van der Waals surface area contributed by atoms with Crippen molar-refractivity contribution in [3.63, 3.8) is 0 Å². The molecule has 1 aliphatic rings. The molecule has 1 fully saturated rings. The third-order valence-corrected chi connectivity index (χ3v) is 5.44. The predicted octanol–water partition coefficient (Wildman–Crippen LogP) is 1.99. The Balaban J connectivity index is 1.95. The molecule has 27 heavy (non-hydrogen) atoms. The molecule has 1 aromatic heterocycles. The summed E-state index contributed by atoms with van der Waals surface area (Å²) in [5, 5.41) is 9.91. The molecule has 7 heteroatoms. The van der Waals surface area contributed by atoms with E-state index in [9.17, 15) is 5.11 Å². The third kappa shape index (κ3) is 3.81. The Hall–Kier alpha value is -2.09. The number of hydrogen-bond acceptors (Lipinski definition) is 6. The van der Waals surface area contributed by atoms with Crippen molar-refractivity contribution in [2.24, 2.45) is 7.05 Å². The normalized spacial score (nSPS) is 20.7. The van der Waals surface area contributed by atoms with Crippen LogP contribution in [0.1, 0.15) is 28.8 Å². The highest BCUT2D eigenvalue weighted by Crippen LogP contribution is 2.36. The van der Waals surface area contributed by atoms with Gasteiger partial charge in [-0.1, -0.05) is 6.07 Å². The van der Waals surface area contributed by atoms with Gasteiger partial charge in [-0.05, 0) is 31.5 Å². The van der Waals surface area contributed by atoms with E-state index < -0.39 is 0 Å². The van der Waals surface area contributed by atoms with E-state index in [1.807, 2.05) is 32.2 Å². The van der Waals surface area contributed by atoms with Gasteiger partial charge in [-0.2, -0.15) is 0 Å². The van der Waals surface area contributed by atoms with E-state index >= 15 is 0 Å². The van der Waals surface area contributed by atoms with Gasteiger partial charge in [-0.25, -0.2) is 4.98 Å². The van der Waals surface area contributed by atoms with E-state index in [-0.39, 0.29) is 18.8 Å². The zero-order valence-electron chi connectivity index (χ0n) is 16.7. The van der Waals surface area contributed by atoms with Crippen molar-refractivity contribution in [1.82, 2.24) is 14.5 Å². The summed E-state index contributed by atoms with van der Waals surface area (Å²) in [5.41, 5.74) is 3.23. The van der Waals surface area contributed by atoms with Crippen LogP contribution in [0.15, 0.2) is 18.2 Å². The Kier molecular flexibility index (Phi) is 6.04. The van der Waals surface area contributed by atoms with Crippen LogP contribution in [0, 0.1) is 13.8 Å². The Morgan fingerprint density at radius 2 is 1.96 bits per heavy atom. The SMILES string of the molecule is COc1ccc([C@@H]2[C@@H](CO)OCCN2Cc2nc(C)c(C)n2C)cc1OC. The number of aromatic nitrogens is 2. The maximum atomic E-state index is 9.91. The zero-order valence-corrected chi connectivity index (χ0v) is 16.7. The lowest BCUT2D eigenvalue weighted by Crippen LogP contribution is -2.46. The number of aliphatic hydroxyl groups excluding tert-OH is 1. The van der Waals surface area contributed by atoms with Gasteiger partial charge in [0.25, 0.3) is 0 Å². The fraction of sp³-hybridized carbons (Fsp3) is 0.550. The van der Waals surface area contributed by atoms with Gasteiger partial charge in [0.15, 0.2) is 11.5 Å². The van der Waals surface area contributed by atoms with Crippen LogP contribution >= 0.6 is 0 Å². The van der Waals surface area contributed by atoms with E-state index in [1.54, 1.807) is 14.2 Å².